The van der Waals surface area contributed by atoms with Gasteiger partial charge in [0.2, 0.25) is 6.10 Å². The summed E-state index contributed by atoms with van der Waals surface area (Å²) in [6.45, 7) is 6.94. The highest BCUT2D eigenvalue weighted by Crippen LogP contribution is 2.43. The van der Waals surface area contributed by atoms with E-state index in [1.807, 2.05) is 18.7 Å². The van der Waals surface area contributed by atoms with Crippen LogP contribution in [-0.4, -0.2) is 83.5 Å². The maximum absolute atomic E-state index is 13.7. The average molecular weight is 508 g/mol. The first-order valence-corrected chi connectivity index (χ1v) is 12.4. The SMILES string of the molecule is CCOC(=O)C(OCCN(CC)CC)C(CC(=O)O)(OC(=O)C1(c2ccccc2)CCCC1)C(=O)O. The molecule has 10 heteroatoms. The summed E-state index contributed by atoms with van der Waals surface area (Å²) in [4.78, 5) is 53.2. The topological polar surface area (TPSA) is 140 Å². The molecule has 2 N–H and O–H groups in total. The number of carboxylic acids is 2. The van der Waals surface area contributed by atoms with E-state index in [1.54, 1.807) is 30.3 Å². The largest absolute Gasteiger partial charge is 0.481 e. The highest BCUT2D eigenvalue weighted by atomic mass is 16.6. The maximum atomic E-state index is 13.7. The van der Waals surface area contributed by atoms with Crippen molar-refractivity contribution in [3.63, 3.8) is 0 Å². The van der Waals surface area contributed by atoms with Crippen molar-refractivity contribution in [3.8, 4) is 0 Å². The quantitative estimate of drug-likeness (QED) is 0.341. The van der Waals surface area contributed by atoms with Crippen LogP contribution in [0.3, 0.4) is 0 Å². The number of aliphatic carboxylic acids is 2. The van der Waals surface area contributed by atoms with Crippen molar-refractivity contribution in [2.24, 2.45) is 0 Å². The number of hydrogen-bond donors (Lipinski definition) is 2. The van der Waals surface area contributed by atoms with Crippen LogP contribution in [0.25, 0.3) is 0 Å². The Morgan fingerprint density at radius 2 is 1.64 bits per heavy atom. The van der Waals surface area contributed by atoms with Gasteiger partial charge < -0.3 is 29.3 Å². The summed E-state index contributed by atoms with van der Waals surface area (Å²) in [6.07, 6.45) is -0.903. The first-order chi connectivity index (χ1) is 17.2. The van der Waals surface area contributed by atoms with Gasteiger partial charge in [-0.25, -0.2) is 9.59 Å². The highest BCUT2D eigenvalue weighted by Gasteiger charge is 2.59. The molecule has 1 aromatic rings. The second-order valence-corrected chi connectivity index (χ2v) is 8.84. The summed E-state index contributed by atoms with van der Waals surface area (Å²) < 4.78 is 16.4. The Morgan fingerprint density at radius 1 is 1.03 bits per heavy atom. The first kappa shape index (κ1) is 29.3. The van der Waals surface area contributed by atoms with Gasteiger partial charge in [0.15, 0.2) is 0 Å². The fourth-order valence-corrected chi connectivity index (χ4v) is 4.70. The van der Waals surface area contributed by atoms with Crippen molar-refractivity contribution in [1.82, 2.24) is 4.90 Å². The van der Waals surface area contributed by atoms with E-state index in [0.29, 0.717) is 50.9 Å². The lowest BCUT2D eigenvalue weighted by Crippen LogP contribution is -2.60. The van der Waals surface area contributed by atoms with E-state index in [2.05, 4.69) is 0 Å². The standard InChI is InChI=1S/C26H37NO9/c1-4-27(5-2)16-17-35-21(22(30)34-6-3)26(23(31)32,18-20(28)29)36-24(33)25(14-10-11-15-25)19-12-8-7-9-13-19/h7-9,12-13,21H,4-6,10-11,14-18H2,1-3H3,(H,28,29)(H,31,32). The van der Waals surface area contributed by atoms with E-state index in [-0.39, 0.29) is 13.2 Å². The van der Waals surface area contributed by atoms with Gasteiger partial charge in [0, 0.05) is 6.54 Å². The van der Waals surface area contributed by atoms with Gasteiger partial charge in [-0.1, -0.05) is 57.0 Å². The van der Waals surface area contributed by atoms with Gasteiger partial charge in [-0.15, -0.1) is 0 Å². The Balaban J connectivity index is 2.51. The third kappa shape index (κ3) is 6.61. The van der Waals surface area contributed by atoms with Crippen LogP contribution < -0.4 is 0 Å². The molecule has 200 valence electrons. The number of rotatable bonds is 15. The predicted molar refractivity (Wildman–Crippen MR) is 129 cm³/mol. The molecule has 0 bridgehead atoms. The zero-order chi connectivity index (χ0) is 26.8. The van der Waals surface area contributed by atoms with Crippen molar-refractivity contribution in [3.05, 3.63) is 35.9 Å². The van der Waals surface area contributed by atoms with Crippen molar-refractivity contribution in [2.45, 2.75) is 70.0 Å². The Kier molecular flexibility index (Phi) is 10.9. The van der Waals surface area contributed by atoms with Crippen LogP contribution >= 0.6 is 0 Å². The van der Waals surface area contributed by atoms with Crippen molar-refractivity contribution in [2.75, 3.05) is 32.8 Å². The number of esters is 2. The molecule has 0 aromatic heterocycles. The average Bonchev–Trinajstić information content (AvgIpc) is 3.35. The lowest BCUT2D eigenvalue weighted by Gasteiger charge is -2.37. The Morgan fingerprint density at radius 3 is 2.14 bits per heavy atom. The van der Waals surface area contributed by atoms with Gasteiger partial charge in [-0.05, 0) is 38.4 Å². The molecule has 10 nitrogen and oxygen atoms in total. The summed E-state index contributed by atoms with van der Waals surface area (Å²) >= 11 is 0. The molecule has 0 radical (unpaired) electrons. The Hall–Kier alpha value is -2.98. The lowest BCUT2D eigenvalue weighted by atomic mass is 9.78. The zero-order valence-corrected chi connectivity index (χ0v) is 21.2. The molecule has 1 fully saturated rings. The minimum Gasteiger partial charge on any atom is -0.481 e. The van der Waals surface area contributed by atoms with Gasteiger partial charge in [-0.2, -0.15) is 0 Å². The van der Waals surface area contributed by atoms with Crippen LogP contribution in [0.4, 0.5) is 0 Å². The Labute approximate surface area is 211 Å². The van der Waals surface area contributed by atoms with Crippen LogP contribution in [0.15, 0.2) is 30.3 Å². The molecule has 1 aliphatic rings. The Bertz CT molecular complexity index is 894. The first-order valence-electron chi connectivity index (χ1n) is 12.4. The molecule has 2 rings (SSSR count). The molecule has 0 aliphatic heterocycles. The van der Waals surface area contributed by atoms with Crippen LogP contribution in [-0.2, 0) is 38.8 Å². The molecule has 1 aromatic carbocycles. The van der Waals surface area contributed by atoms with Crippen LogP contribution in [0.2, 0.25) is 0 Å². The summed E-state index contributed by atoms with van der Waals surface area (Å²) in [7, 11) is 0. The third-order valence-corrected chi connectivity index (χ3v) is 6.74. The molecule has 0 amide bonds. The minimum absolute atomic E-state index is 0.0960. The molecule has 2 atom stereocenters. The normalized spacial score (nSPS) is 17.2. The van der Waals surface area contributed by atoms with Gasteiger partial charge in [0.25, 0.3) is 5.60 Å². The number of benzene rings is 1. The minimum atomic E-state index is -2.82. The van der Waals surface area contributed by atoms with Crippen LogP contribution in [0.5, 0.6) is 0 Å². The molecule has 0 heterocycles. The molecule has 1 aliphatic carbocycles. The van der Waals surface area contributed by atoms with E-state index in [0.717, 1.165) is 0 Å². The second kappa shape index (κ2) is 13.4. The van der Waals surface area contributed by atoms with Crippen LogP contribution in [0.1, 0.15) is 58.4 Å². The van der Waals surface area contributed by atoms with Gasteiger partial charge >= 0.3 is 23.9 Å². The summed E-state index contributed by atoms with van der Waals surface area (Å²) in [5.74, 6) is -5.35. The summed E-state index contributed by atoms with van der Waals surface area (Å²) in [5.41, 5.74) is -3.32. The van der Waals surface area contributed by atoms with Crippen molar-refractivity contribution in [1.29, 1.82) is 0 Å². The van der Waals surface area contributed by atoms with Gasteiger partial charge in [-0.3, -0.25) is 9.59 Å². The summed E-state index contributed by atoms with van der Waals surface area (Å²) in [6, 6.07) is 8.85. The van der Waals surface area contributed by atoms with Crippen molar-refractivity contribution >= 4 is 23.9 Å². The van der Waals surface area contributed by atoms with E-state index in [4.69, 9.17) is 14.2 Å². The number of carbonyl (C=O) groups excluding carboxylic acids is 2. The van der Waals surface area contributed by atoms with E-state index < -0.39 is 47.4 Å². The number of carbonyl (C=O) groups is 4. The number of ether oxygens (including phenoxy) is 3. The zero-order valence-electron chi connectivity index (χ0n) is 21.2. The summed E-state index contributed by atoms with van der Waals surface area (Å²) in [5, 5.41) is 19.9. The number of nitrogens with zero attached hydrogens (tertiary/aromatic N) is 1. The third-order valence-electron chi connectivity index (χ3n) is 6.74. The second-order valence-electron chi connectivity index (χ2n) is 8.84. The molecule has 0 spiro atoms. The van der Waals surface area contributed by atoms with Crippen molar-refractivity contribution < 1.29 is 43.6 Å². The lowest BCUT2D eigenvalue weighted by molar-refractivity contribution is -0.212. The number of likely N-dealkylation sites (N-methyl/N-ethyl adjacent to an activating group) is 1. The molecule has 2 unspecified atom stereocenters. The van der Waals surface area contributed by atoms with E-state index >= 15 is 0 Å². The highest BCUT2D eigenvalue weighted by molar-refractivity contribution is 5.95. The predicted octanol–water partition coefficient (Wildman–Crippen LogP) is 2.63. The molecular formula is C26H37NO9. The van der Waals surface area contributed by atoms with E-state index in [9.17, 15) is 29.4 Å². The molecule has 36 heavy (non-hydrogen) atoms. The number of hydrogen-bond acceptors (Lipinski definition) is 8. The smallest absolute Gasteiger partial charge is 0.352 e. The number of carboxylic acid groups (broad SMARTS) is 2. The van der Waals surface area contributed by atoms with Gasteiger partial charge in [0.05, 0.1) is 25.0 Å². The maximum Gasteiger partial charge on any atom is 0.352 e. The fraction of sp³-hybridized carbons (Fsp3) is 0.615. The fourth-order valence-electron chi connectivity index (χ4n) is 4.70. The van der Waals surface area contributed by atoms with Crippen LogP contribution in [0, 0.1) is 0 Å². The van der Waals surface area contributed by atoms with Gasteiger partial charge in [0.1, 0.15) is 0 Å². The molecule has 0 saturated heterocycles. The monoisotopic (exact) mass is 507 g/mol. The molecular weight excluding hydrogens is 470 g/mol. The molecule has 1 saturated carbocycles. The van der Waals surface area contributed by atoms with E-state index in [1.165, 1.54) is 6.92 Å².